The van der Waals surface area contributed by atoms with Crippen LogP contribution in [0.5, 0.6) is 5.75 Å². The van der Waals surface area contributed by atoms with Gasteiger partial charge in [-0.2, -0.15) is 4.31 Å². The van der Waals surface area contributed by atoms with Crippen LogP contribution in [0.3, 0.4) is 0 Å². The van der Waals surface area contributed by atoms with Crippen molar-refractivity contribution in [2.24, 2.45) is 0 Å². The van der Waals surface area contributed by atoms with E-state index in [-0.39, 0.29) is 17.4 Å². The van der Waals surface area contributed by atoms with Gasteiger partial charge in [0.1, 0.15) is 11.6 Å². The highest BCUT2D eigenvalue weighted by molar-refractivity contribution is 7.89. The number of benzene rings is 1. The Morgan fingerprint density at radius 2 is 1.61 bits per heavy atom. The Bertz CT molecular complexity index is 968. The molecule has 31 heavy (non-hydrogen) atoms. The van der Waals surface area contributed by atoms with Crippen LogP contribution in [-0.4, -0.2) is 74.4 Å². The van der Waals surface area contributed by atoms with Gasteiger partial charge in [0.25, 0.3) is 5.91 Å². The highest BCUT2D eigenvalue weighted by Crippen LogP contribution is 2.23. The summed E-state index contributed by atoms with van der Waals surface area (Å²) in [6.07, 6.45) is 4.64. The van der Waals surface area contributed by atoms with Gasteiger partial charge in [-0.05, 0) is 49.2 Å². The van der Waals surface area contributed by atoms with Gasteiger partial charge in [0.2, 0.25) is 10.0 Å². The Morgan fingerprint density at radius 1 is 0.903 bits per heavy atom. The largest absolute Gasteiger partial charge is 0.484 e. The first-order chi connectivity index (χ1) is 15.0. The number of piperidine rings is 1. The number of rotatable bonds is 6. The smallest absolute Gasteiger partial charge is 0.260 e. The first kappa shape index (κ1) is 21.6. The average molecular weight is 445 g/mol. The predicted octanol–water partition coefficient (Wildman–Crippen LogP) is 1.98. The first-order valence-corrected chi connectivity index (χ1v) is 12.1. The lowest BCUT2D eigenvalue weighted by Crippen LogP contribution is -2.50. The highest BCUT2D eigenvalue weighted by atomic mass is 32.2. The number of aromatic nitrogens is 1. The van der Waals surface area contributed by atoms with Crippen molar-refractivity contribution in [1.82, 2.24) is 14.2 Å². The van der Waals surface area contributed by atoms with Gasteiger partial charge >= 0.3 is 0 Å². The molecule has 166 valence electrons. The highest BCUT2D eigenvalue weighted by Gasteiger charge is 2.26. The van der Waals surface area contributed by atoms with Crippen LogP contribution in [0.25, 0.3) is 0 Å². The van der Waals surface area contributed by atoms with E-state index in [1.54, 1.807) is 39.7 Å². The number of nitrogens with zero attached hydrogens (tertiary/aromatic N) is 4. The van der Waals surface area contributed by atoms with Crippen LogP contribution >= 0.6 is 0 Å². The lowest BCUT2D eigenvalue weighted by Gasteiger charge is -2.35. The van der Waals surface area contributed by atoms with E-state index in [2.05, 4.69) is 9.88 Å². The Balaban J connectivity index is 1.27. The minimum absolute atomic E-state index is 0.0677. The number of carbonyl (C=O) groups excluding carboxylic acids is 1. The van der Waals surface area contributed by atoms with Gasteiger partial charge in [-0.1, -0.05) is 12.5 Å². The van der Waals surface area contributed by atoms with Crippen LogP contribution in [0, 0.1) is 0 Å². The molecule has 3 heterocycles. The van der Waals surface area contributed by atoms with Crippen LogP contribution in [0.1, 0.15) is 19.3 Å². The third-order valence-corrected chi connectivity index (χ3v) is 7.66. The van der Waals surface area contributed by atoms with Gasteiger partial charge in [0.15, 0.2) is 6.61 Å². The number of hydrogen-bond donors (Lipinski definition) is 0. The number of anilines is 1. The van der Waals surface area contributed by atoms with E-state index in [4.69, 9.17) is 4.74 Å². The van der Waals surface area contributed by atoms with Crippen molar-refractivity contribution in [1.29, 1.82) is 0 Å². The van der Waals surface area contributed by atoms with Crippen molar-refractivity contribution in [3.63, 3.8) is 0 Å². The number of amides is 1. The molecule has 2 aliphatic rings. The summed E-state index contributed by atoms with van der Waals surface area (Å²) in [7, 11) is -3.46. The maximum absolute atomic E-state index is 12.7. The van der Waals surface area contributed by atoms with Crippen LogP contribution in [0.15, 0.2) is 53.6 Å². The molecule has 8 nitrogen and oxygen atoms in total. The molecule has 0 aliphatic carbocycles. The van der Waals surface area contributed by atoms with Gasteiger partial charge in [0.05, 0.1) is 4.90 Å². The fourth-order valence-electron chi connectivity index (χ4n) is 3.92. The molecule has 2 aromatic rings. The number of carbonyl (C=O) groups is 1. The van der Waals surface area contributed by atoms with Crippen LogP contribution in [-0.2, 0) is 14.8 Å². The number of sulfonamides is 1. The van der Waals surface area contributed by atoms with Crippen LogP contribution in [0.2, 0.25) is 0 Å². The van der Waals surface area contributed by atoms with Gasteiger partial charge in [0, 0.05) is 45.5 Å². The molecule has 0 spiro atoms. The normalized spacial score (nSPS) is 18.1. The van der Waals surface area contributed by atoms with E-state index in [9.17, 15) is 13.2 Å². The molecular weight excluding hydrogens is 416 g/mol. The monoisotopic (exact) mass is 444 g/mol. The topological polar surface area (TPSA) is 83.0 Å². The van der Waals surface area contributed by atoms with E-state index in [0.29, 0.717) is 31.9 Å². The molecule has 0 atom stereocenters. The standard InChI is InChI=1S/C22H28N4O4S/c27-22(25-16-14-24(15-17-25)21-6-2-3-11-23-21)18-30-19-7-9-20(10-8-19)31(28,29)26-12-4-1-5-13-26/h2-3,6-11H,1,4-5,12-18H2. The molecule has 2 saturated heterocycles. The quantitative estimate of drug-likeness (QED) is 0.678. The van der Waals surface area contributed by atoms with Gasteiger partial charge in [-0.15, -0.1) is 0 Å². The van der Waals surface area contributed by atoms with Crippen molar-refractivity contribution in [3.8, 4) is 5.75 Å². The molecule has 0 saturated carbocycles. The zero-order valence-electron chi connectivity index (χ0n) is 17.5. The summed E-state index contributed by atoms with van der Waals surface area (Å²) in [5.74, 6) is 1.33. The summed E-state index contributed by atoms with van der Waals surface area (Å²) in [6.45, 7) is 3.77. The fraction of sp³-hybridized carbons (Fsp3) is 0.455. The number of hydrogen-bond acceptors (Lipinski definition) is 6. The molecule has 9 heteroatoms. The second kappa shape index (κ2) is 9.65. The molecule has 1 amide bonds. The fourth-order valence-corrected chi connectivity index (χ4v) is 5.44. The Kier molecular flexibility index (Phi) is 6.72. The molecule has 1 aromatic carbocycles. The maximum atomic E-state index is 12.7. The third kappa shape index (κ3) is 5.16. The maximum Gasteiger partial charge on any atom is 0.260 e. The SMILES string of the molecule is O=C(COc1ccc(S(=O)(=O)N2CCCCC2)cc1)N1CCN(c2ccccn2)CC1. The van der Waals surface area contributed by atoms with Crippen molar-refractivity contribution in [3.05, 3.63) is 48.7 Å². The Labute approximate surface area is 183 Å². The lowest BCUT2D eigenvalue weighted by atomic mass is 10.2. The average Bonchev–Trinajstić information content (AvgIpc) is 2.84. The second-order valence-corrected chi connectivity index (χ2v) is 9.72. The second-order valence-electron chi connectivity index (χ2n) is 7.78. The number of pyridine rings is 1. The lowest BCUT2D eigenvalue weighted by molar-refractivity contribution is -0.133. The Hall–Kier alpha value is -2.65. The van der Waals surface area contributed by atoms with E-state index in [1.807, 2.05) is 18.2 Å². The summed E-state index contributed by atoms with van der Waals surface area (Å²) in [6, 6.07) is 12.1. The molecule has 0 unspecified atom stereocenters. The summed E-state index contributed by atoms with van der Waals surface area (Å²) in [5, 5.41) is 0. The molecule has 4 rings (SSSR count). The molecule has 1 aromatic heterocycles. The summed E-state index contributed by atoms with van der Waals surface area (Å²) in [4.78, 5) is 21.1. The zero-order chi connectivity index (χ0) is 21.7. The summed E-state index contributed by atoms with van der Waals surface area (Å²) < 4.78 is 32.6. The minimum atomic E-state index is -3.46. The van der Waals surface area contributed by atoms with E-state index in [0.717, 1.165) is 38.2 Å². The molecule has 0 radical (unpaired) electrons. The number of ether oxygens (including phenoxy) is 1. The van der Waals surface area contributed by atoms with E-state index < -0.39 is 10.0 Å². The molecule has 0 N–H and O–H groups in total. The predicted molar refractivity (Wildman–Crippen MR) is 118 cm³/mol. The van der Waals surface area contributed by atoms with Crippen molar-refractivity contribution in [2.75, 3.05) is 50.8 Å². The number of piperazine rings is 1. The van der Waals surface area contributed by atoms with E-state index >= 15 is 0 Å². The summed E-state index contributed by atoms with van der Waals surface area (Å²) in [5.41, 5.74) is 0. The first-order valence-electron chi connectivity index (χ1n) is 10.7. The van der Waals surface area contributed by atoms with Crippen molar-refractivity contribution >= 4 is 21.7 Å². The minimum Gasteiger partial charge on any atom is -0.484 e. The van der Waals surface area contributed by atoms with Gasteiger partial charge in [-0.25, -0.2) is 13.4 Å². The van der Waals surface area contributed by atoms with Crippen LogP contribution in [0.4, 0.5) is 5.82 Å². The van der Waals surface area contributed by atoms with Gasteiger partial charge in [-0.3, -0.25) is 4.79 Å². The Morgan fingerprint density at radius 3 is 2.26 bits per heavy atom. The molecule has 2 fully saturated rings. The molecule has 0 bridgehead atoms. The summed E-state index contributed by atoms with van der Waals surface area (Å²) >= 11 is 0. The molecule has 2 aliphatic heterocycles. The molecular formula is C22H28N4O4S. The van der Waals surface area contributed by atoms with Crippen molar-refractivity contribution in [2.45, 2.75) is 24.2 Å². The van der Waals surface area contributed by atoms with E-state index in [1.165, 1.54) is 0 Å². The zero-order valence-corrected chi connectivity index (χ0v) is 18.3. The van der Waals surface area contributed by atoms with Crippen molar-refractivity contribution < 1.29 is 17.9 Å². The van der Waals surface area contributed by atoms with Crippen LogP contribution < -0.4 is 9.64 Å². The van der Waals surface area contributed by atoms with Gasteiger partial charge < -0.3 is 14.5 Å². The third-order valence-electron chi connectivity index (χ3n) is 5.74.